The van der Waals surface area contributed by atoms with E-state index in [1.54, 1.807) is 11.8 Å². The van der Waals surface area contributed by atoms with Crippen LogP contribution in [0.3, 0.4) is 0 Å². The van der Waals surface area contributed by atoms with Crippen molar-refractivity contribution >= 4 is 28.3 Å². The van der Waals surface area contributed by atoms with Crippen LogP contribution in [0.5, 0.6) is 0 Å². The quantitative estimate of drug-likeness (QED) is 0.826. The molecule has 0 spiro atoms. The van der Waals surface area contributed by atoms with E-state index in [4.69, 9.17) is 12.2 Å². The lowest BCUT2D eigenvalue weighted by atomic mass is 9.99. The molecule has 0 aromatic heterocycles. The van der Waals surface area contributed by atoms with Gasteiger partial charge in [0.25, 0.3) is 0 Å². The Morgan fingerprint density at radius 3 is 2.00 bits per heavy atom. The monoisotopic (exact) mass is 271 g/mol. The minimum Gasteiger partial charge on any atom is -0.363 e. The fourth-order valence-corrected chi connectivity index (χ4v) is 3.76. The first-order valence-corrected chi connectivity index (χ1v) is 7.20. The minimum atomic E-state index is 0.270. The summed E-state index contributed by atoms with van der Waals surface area (Å²) < 4.78 is 0.887. The number of thiocarbonyl (C=S) groups is 1. The lowest BCUT2D eigenvalue weighted by molar-refractivity contribution is 0.657. The predicted molar refractivity (Wildman–Crippen MR) is 81.7 cm³/mol. The highest BCUT2D eigenvalue weighted by Gasteiger charge is 2.33. The zero-order valence-corrected chi connectivity index (χ0v) is 11.4. The van der Waals surface area contributed by atoms with Crippen molar-refractivity contribution in [3.63, 3.8) is 0 Å². The fraction of sp³-hybridized carbons (Fsp3) is 0.133. The van der Waals surface area contributed by atoms with Crippen LogP contribution in [0.1, 0.15) is 22.4 Å². The fourth-order valence-electron chi connectivity index (χ4n) is 2.24. The van der Waals surface area contributed by atoms with Crippen LogP contribution < -0.4 is 5.32 Å². The molecule has 2 aromatic rings. The van der Waals surface area contributed by atoms with Crippen LogP contribution in [0, 0.1) is 0 Å². The Morgan fingerprint density at radius 2 is 1.39 bits per heavy atom. The van der Waals surface area contributed by atoms with Gasteiger partial charge in [-0.05, 0) is 11.1 Å². The highest BCUT2D eigenvalue weighted by Crippen LogP contribution is 2.45. The number of thioether (sulfide) groups is 1. The zero-order chi connectivity index (χ0) is 12.4. The maximum Gasteiger partial charge on any atom is 0.134 e. The van der Waals surface area contributed by atoms with Gasteiger partial charge in [-0.25, -0.2) is 0 Å². The molecule has 0 amide bonds. The van der Waals surface area contributed by atoms with E-state index in [1.807, 2.05) is 12.1 Å². The van der Waals surface area contributed by atoms with Crippen LogP contribution in [0.25, 0.3) is 0 Å². The SMILES string of the molecule is S=C1NC(c2ccccc2)C(c2ccccc2)S1. The number of benzene rings is 2. The van der Waals surface area contributed by atoms with Gasteiger partial charge in [0.2, 0.25) is 0 Å². The third kappa shape index (κ3) is 2.28. The van der Waals surface area contributed by atoms with Gasteiger partial charge >= 0.3 is 0 Å². The van der Waals surface area contributed by atoms with E-state index >= 15 is 0 Å². The standard InChI is InChI=1S/C15H13NS2/c17-15-16-13(11-7-3-1-4-8-11)14(18-15)12-9-5-2-6-10-12/h1-10,13-14H,(H,16,17). The topological polar surface area (TPSA) is 12.0 Å². The van der Waals surface area contributed by atoms with Crippen molar-refractivity contribution in [1.29, 1.82) is 0 Å². The first kappa shape index (κ1) is 11.8. The van der Waals surface area contributed by atoms with Crippen LogP contribution >= 0.6 is 24.0 Å². The Balaban J connectivity index is 1.96. The number of hydrogen-bond acceptors (Lipinski definition) is 2. The first-order chi connectivity index (χ1) is 8.84. The van der Waals surface area contributed by atoms with E-state index in [1.165, 1.54) is 11.1 Å². The maximum atomic E-state index is 5.32. The second kappa shape index (κ2) is 5.12. The lowest BCUT2D eigenvalue weighted by Gasteiger charge is -2.18. The Morgan fingerprint density at radius 1 is 0.833 bits per heavy atom. The van der Waals surface area contributed by atoms with Gasteiger partial charge in [0.05, 0.1) is 11.3 Å². The third-order valence-electron chi connectivity index (χ3n) is 3.10. The van der Waals surface area contributed by atoms with Crippen molar-refractivity contribution < 1.29 is 0 Å². The van der Waals surface area contributed by atoms with Crippen molar-refractivity contribution in [2.45, 2.75) is 11.3 Å². The van der Waals surface area contributed by atoms with Crippen LogP contribution in [0.4, 0.5) is 0 Å². The molecule has 0 saturated carbocycles. The van der Waals surface area contributed by atoms with Crippen molar-refractivity contribution in [2.75, 3.05) is 0 Å². The van der Waals surface area contributed by atoms with Gasteiger partial charge in [-0.3, -0.25) is 0 Å². The smallest absolute Gasteiger partial charge is 0.134 e. The molecule has 1 fully saturated rings. The van der Waals surface area contributed by atoms with E-state index in [0.717, 1.165) is 4.32 Å². The number of rotatable bonds is 2. The summed E-state index contributed by atoms with van der Waals surface area (Å²) in [7, 11) is 0. The van der Waals surface area contributed by atoms with Crippen LogP contribution in [-0.4, -0.2) is 4.32 Å². The van der Waals surface area contributed by atoms with Crippen LogP contribution in [0.2, 0.25) is 0 Å². The summed E-state index contributed by atoms with van der Waals surface area (Å²) in [6.07, 6.45) is 0. The summed E-state index contributed by atoms with van der Waals surface area (Å²) >= 11 is 7.07. The van der Waals surface area contributed by atoms with Crippen LogP contribution in [-0.2, 0) is 0 Å². The molecule has 2 atom stereocenters. The highest BCUT2D eigenvalue weighted by atomic mass is 32.2. The van der Waals surface area contributed by atoms with E-state index in [9.17, 15) is 0 Å². The molecule has 3 heteroatoms. The summed E-state index contributed by atoms with van der Waals surface area (Å²) in [6.45, 7) is 0. The molecule has 1 heterocycles. The van der Waals surface area contributed by atoms with Gasteiger partial charge < -0.3 is 5.32 Å². The van der Waals surface area contributed by atoms with Crippen LogP contribution in [0.15, 0.2) is 60.7 Å². The minimum absolute atomic E-state index is 0.270. The maximum absolute atomic E-state index is 5.32. The molecule has 0 aliphatic carbocycles. The van der Waals surface area contributed by atoms with Gasteiger partial charge in [-0.1, -0.05) is 84.6 Å². The largest absolute Gasteiger partial charge is 0.363 e. The predicted octanol–water partition coefficient (Wildman–Crippen LogP) is 4.09. The van der Waals surface area contributed by atoms with Gasteiger partial charge in [-0.15, -0.1) is 0 Å². The molecular formula is C15H13NS2. The molecular weight excluding hydrogens is 258 g/mol. The average Bonchev–Trinajstić information content (AvgIpc) is 2.83. The average molecular weight is 271 g/mol. The molecule has 1 aliphatic rings. The molecule has 1 saturated heterocycles. The molecule has 1 aliphatic heterocycles. The Labute approximate surface area is 117 Å². The first-order valence-electron chi connectivity index (χ1n) is 5.91. The molecule has 1 nitrogen and oxygen atoms in total. The Bertz CT molecular complexity index is 489. The summed E-state index contributed by atoms with van der Waals surface area (Å²) in [5.74, 6) is 0. The number of hydrogen-bond donors (Lipinski definition) is 1. The van der Waals surface area contributed by atoms with E-state index in [-0.39, 0.29) is 6.04 Å². The Kier molecular flexibility index (Phi) is 3.35. The molecule has 2 unspecified atom stereocenters. The zero-order valence-electron chi connectivity index (χ0n) is 9.74. The van der Waals surface area contributed by atoms with Gasteiger partial charge in [-0.2, -0.15) is 0 Å². The third-order valence-corrected chi connectivity index (χ3v) is 4.63. The molecule has 1 N–H and O–H groups in total. The second-order valence-corrected chi connectivity index (χ2v) is 6.09. The summed E-state index contributed by atoms with van der Waals surface area (Å²) in [5, 5.41) is 3.78. The summed E-state index contributed by atoms with van der Waals surface area (Å²) in [5.41, 5.74) is 2.61. The second-order valence-electron chi connectivity index (χ2n) is 4.27. The molecule has 90 valence electrons. The van der Waals surface area contributed by atoms with Crippen molar-refractivity contribution in [3.8, 4) is 0 Å². The summed E-state index contributed by atoms with van der Waals surface area (Å²) in [6, 6.07) is 21.3. The molecule has 0 radical (unpaired) electrons. The van der Waals surface area contributed by atoms with E-state index in [2.05, 4.69) is 53.8 Å². The lowest BCUT2D eigenvalue weighted by Crippen LogP contribution is -2.19. The number of nitrogens with one attached hydrogen (secondary N) is 1. The van der Waals surface area contributed by atoms with E-state index < -0.39 is 0 Å². The van der Waals surface area contributed by atoms with Crippen molar-refractivity contribution in [3.05, 3.63) is 71.8 Å². The van der Waals surface area contributed by atoms with E-state index in [0.29, 0.717) is 5.25 Å². The molecule has 18 heavy (non-hydrogen) atoms. The molecule has 0 bridgehead atoms. The van der Waals surface area contributed by atoms with Gasteiger partial charge in [0.15, 0.2) is 0 Å². The molecule has 3 rings (SSSR count). The van der Waals surface area contributed by atoms with Crippen molar-refractivity contribution in [1.82, 2.24) is 5.32 Å². The van der Waals surface area contributed by atoms with Crippen molar-refractivity contribution in [2.24, 2.45) is 0 Å². The highest BCUT2D eigenvalue weighted by molar-refractivity contribution is 8.23. The Hall–Kier alpha value is -1.32. The normalized spacial score (nSPS) is 22.8. The molecule has 2 aromatic carbocycles. The van der Waals surface area contributed by atoms with Gasteiger partial charge in [0, 0.05) is 0 Å². The summed E-state index contributed by atoms with van der Waals surface area (Å²) in [4.78, 5) is 0. The van der Waals surface area contributed by atoms with Gasteiger partial charge in [0.1, 0.15) is 4.32 Å².